The number of rotatable bonds is 7. The summed E-state index contributed by atoms with van der Waals surface area (Å²) in [7, 11) is 0. The number of carbonyl (C=O) groups is 1. The second-order valence-electron chi connectivity index (χ2n) is 8.46. The van der Waals surface area contributed by atoms with Gasteiger partial charge in [-0.3, -0.25) is 0 Å². The van der Waals surface area contributed by atoms with Crippen molar-refractivity contribution in [2.75, 3.05) is 0 Å². The molecule has 1 rings (SSSR count). The number of hydrogen-bond donors (Lipinski definition) is 3. The van der Waals surface area contributed by atoms with E-state index in [4.69, 9.17) is 5.11 Å². The summed E-state index contributed by atoms with van der Waals surface area (Å²) in [6, 6.07) is 0. The third-order valence-corrected chi connectivity index (χ3v) is 5.33. The number of aliphatic carboxylic acids is 1. The molecule has 31 heavy (non-hydrogen) atoms. The first-order valence-electron chi connectivity index (χ1n) is 10.7. The zero-order valence-electron chi connectivity index (χ0n) is 20.3. The van der Waals surface area contributed by atoms with Crippen LogP contribution in [0.3, 0.4) is 0 Å². The predicted molar refractivity (Wildman–Crippen MR) is 131 cm³/mol. The van der Waals surface area contributed by atoms with E-state index in [1.807, 2.05) is 78.0 Å². The normalized spacial score (nSPS) is 27.1. The van der Waals surface area contributed by atoms with Crippen LogP contribution in [-0.4, -0.2) is 32.5 Å². The van der Waals surface area contributed by atoms with Crippen molar-refractivity contribution in [3.05, 3.63) is 83.6 Å². The zero-order valence-corrected chi connectivity index (χ0v) is 20.3. The number of carboxylic acids is 1. The van der Waals surface area contributed by atoms with Crippen molar-refractivity contribution in [3.8, 4) is 0 Å². The Labute approximate surface area is 188 Å². The molecule has 0 saturated heterocycles. The van der Waals surface area contributed by atoms with Gasteiger partial charge in [-0.25, -0.2) is 4.79 Å². The summed E-state index contributed by atoms with van der Waals surface area (Å²) >= 11 is 0. The van der Waals surface area contributed by atoms with Gasteiger partial charge >= 0.3 is 5.97 Å². The summed E-state index contributed by atoms with van der Waals surface area (Å²) in [5.74, 6) is -0.928. The van der Waals surface area contributed by atoms with Gasteiger partial charge in [-0.05, 0) is 40.2 Å². The van der Waals surface area contributed by atoms with E-state index in [9.17, 15) is 15.0 Å². The van der Waals surface area contributed by atoms with E-state index >= 15 is 0 Å². The fourth-order valence-corrected chi connectivity index (χ4v) is 3.14. The highest BCUT2D eigenvalue weighted by molar-refractivity contribution is 5.86. The molecule has 0 fully saturated rings. The topological polar surface area (TPSA) is 77.8 Å². The van der Waals surface area contributed by atoms with E-state index < -0.39 is 22.6 Å². The van der Waals surface area contributed by atoms with Gasteiger partial charge in [-0.1, -0.05) is 99.6 Å². The maximum Gasteiger partial charge on any atom is 0.331 e. The molecule has 2 unspecified atom stereocenters. The number of hydrogen-bond acceptors (Lipinski definition) is 3. The first kappa shape index (κ1) is 28.6. The average Bonchev–Trinajstić information content (AvgIpc) is 2.69. The summed E-state index contributed by atoms with van der Waals surface area (Å²) in [4.78, 5) is 10.7. The Morgan fingerprint density at radius 1 is 0.871 bits per heavy atom. The lowest BCUT2D eigenvalue weighted by atomic mass is 9.61. The Bertz CT molecular complexity index is 814. The van der Waals surface area contributed by atoms with Crippen LogP contribution in [0.2, 0.25) is 0 Å². The third-order valence-electron chi connectivity index (χ3n) is 5.33. The van der Waals surface area contributed by atoms with E-state index in [2.05, 4.69) is 0 Å². The van der Waals surface area contributed by atoms with Crippen LogP contribution in [-0.2, 0) is 4.79 Å². The molecule has 1 aliphatic rings. The van der Waals surface area contributed by atoms with E-state index in [1.54, 1.807) is 44.2 Å². The summed E-state index contributed by atoms with van der Waals surface area (Å²) in [6.45, 7) is 15.0. The summed E-state index contributed by atoms with van der Waals surface area (Å²) < 4.78 is 0. The molecule has 0 bridgehead atoms. The van der Waals surface area contributed by atoms with Crippen molar-refractivity contribution in [1.29, 1.82) is 0 Å². The molecule has 0 amide bonds. The molecule has 2 atom stereocenters. The van der Waals surface area contributed by atoms with E-state index in [1.165, 1.54) is 0 Å². The number of carboxylic acid groups (broad SMARTS) is 1. The van der Waals surface area contributed by atoms with Crippen LogP contribution < -0.4 is 0 Å². The minimum Gasteiger partial charge on any atom is -0.478 e. The van der Waals surface area contributed by atoms with Crippen molar-refractivity contribution in [2.24, 2.45) is 5.41 Å². The molecule has 0 radical (unpaired) electrons. The van der Waals surface area contributed by atoms with Gasteiger partial charge in [-0.2, -0.15) is 0 Å². The molecule has 0 spiro atoms. The van der Waals surface area contributed by atoms with Crippen LogP contribution in [0.4, 0.5) is 0 Å². The SMILES string of the molecule is CC.CC(/C=C/C=C(C)/C=C/C1(O)C(C)(O)C=CCC1(C)C)=C\C=C\C=C(/C)C(=O)O. The first-order valence-corrected chi connectivity index (χ1v) is 10.7. The fourth-order valence-electron chi connectivity index (χ4n) is 3.14. The first-order chi connectivity index (χ1) is 14.3. The molecular weight excluding hydrogens is 388 g/mol. The summed E-state index contributed by atoms with van der Waals surface area (Å²) in [5, 5.41) is 30.7. The molecule has 0 aromatic carbocycles. The highest BCUT2D eigenvalue weighted by atomic mass is 16.4. The molecular formula is C27H40O4. The van der Waals surface area contributed by atoms with Crippen molar-refractivity contribution in [1.82, 2.24) is 0 Å². The summed E-state index contributed by atoms with van der Waals surface area (Å²) in [5.41, 5.74) is -0.951. The molecule has 0 aliphatic heterocycles. The van der Waals surface area contributed by atoms with Crippen LogP contribution in [0.5, 0.6) is 0 Å². The van der Waals surface area contributed by atoms with Gasteiger partial charge in [0.05, 0.1) is 0 Å². The molecule has 0 aromatic heterocycles. The van der Waals surface area contributed by atoms with Crippen molar-refractivity contribution < 1.29 is 20.1 Å². The quantitative estimate of drug-likeness (QED) is 0.261. The van der Waals surface area contributed by atoms with Crippen molar-refractivity contribution in [3.63, 3.8) is 0 Å². The molecule has 4 heteroatoms. The predicted octanol–water partition coefficient (Wildman–Crippen LogP) is 6.07. The average molecular weight is 429 g/mol. The zero-order chi connectivity index (χ0) is 24.3. The fraction of sp³-hybridized carbons (Fsp3) is 0.444. The second kappa shape index (κ2) is 12.4. The van der Waals surface area contributed by atoms with Crippen LogP contribution in [0.25, 0.3) is 0 Å². The van der Waals surface area contributed by atoms with E-state index in [0.29, 0.717) is 6.42 Å². The van der Waals surface area contributed by atoms with Gasteiger partial charge in [0, 0.05) is 11.0 Å². The number of aliphatic hydroxyl groups is 2. The van der Waals surface area contributed by atoms with Crippen LogP contribution >= 0.6 is 0 Å². The summed E-state index contributed by atoms with van der Waals surface area (Å²) in [6.07, 6.45) is 20.5. The van der Waals surface area contributed by atoms with Gasteiger partial charge < -0.3 is 15.3 Å². The Hall–Kier alpha value is -2.43. The maximum absolute atomic E-state index is 11.2. The van der Waals surface area contributed by atoms with Crippen LogP contribution in [0, 0.1) is 5.41 Å². The molecule has 172 valence electrons. The third kappa shape index (κ3) is 8.31. The molecule has 3 N–H and O–H groups in total. The Morgan fingerprint density at radius 3 is 1.94 bits per heavy atom. The minimum absolute atomic E-state index is 0.283. The monoisotopic (exact) mass is 428 g/mol. The Balaban J connectivity index is 0.00000436. The lowest BCUT2D eigenvalue weighted by Gasteiger charge is -2.50. The largest absolute Gasteiger partial charge is 0.478 e. The van der Waals surface area contributed by atoms with Gasteiger partial charge in [0.25, 0.3) is 0 Å². The number of allylic oxidation sites excluding steroid dienone is 11. The Kier molecular flexibility index (Phi) is 11.5. The van der Waals surface area contributed by atoms with Crippen LogP contribution in [0.15, 0.2) is 83.6 Å². The lowest BCUT2D eigenvalue weighted by Crippen LogP contribution is -2.60. The standard InChI is InChI=1S/C25H34O4.C2H6/c1-19(11-7-8-14-21(3)22(26)27)12-9-13-20(2)15-18-25(29)23(4,5)16-10-17-24(25,6)28;1-2/h7-15,17-18,28-29H,16H2,1-6H3,(H,26,27);1-2H3/b8-7+,12-9+,18-15+,19-11+,20-13+,21-14+;. The van der Waals surface area contributed by atoms with Gasteiger partial charge in [0.2, 0.25) is 0 Å². The molecule has 1 aliphatic carbocycles. The molecule has 0 heterocycles. The van der Waals surface area contributed by atoms with Gasteiger partial charge in [0.1, 0.15) is 11.2 Å². The highest BCUT2D eigenvalue weighted by Crippen LogP contribution is 2.47. The maximum atomic E-state index is 11.2. The van der Waals surface area contributed by atoms with Crippen molar-refractivity contribution in [2.45, 2.75) is 73.0 Å². The van der Waals surface area contributed by atoms with Crippen molar-refractivity contribution >= 4 is 5.97 Å². The van der Waals surface area contributed by atoms with E-state index in [0.717, 1.165) is 11.1 Å². The van der Waals surface area contributed by atoms with Gasteiger partial charge in [-0.15, -0.1) is 0 Å². The minimum atomic E-state index is -1.37. The second-order valence-corrected chi connectivity index (χ2v) is 8.46. The molecule has 0 saturated carbocycles. The molecule has 0 aromatic rings. The highest BCUT2D eigenvalue weighted by Gasteiger charge is 2.54. The molecule has 4 nitrogen and oxygen atoms in total. The smallest absolute Gasteiger partial charge is 0.331 e. The lowest BCUT2D eigenvalue weighted by molar-refractivity contribution is -0.151. The van der Waals surface area contributed by atoms with Gasteiger partial charge in [0.15, 0.2) is 0 Å². The van der Waals surface area contributed by atoms with Crippen LogP contribution in [0.1, 0.15) is 61.8 Å². The van der Waals surface area contributed by atoms with E-state index in [-0.39, 0.29) is 5.57 Å². The Morgan fingerprint density at radius 2 is 1.39 bits per heavy atom.